The minimum atomic E-state index is 0.0997. The quantitative estimate of drug-likeness (QED) is 0.891. The van der Waals surface area contributed by atoms with E-state index in [1.807, 2.05) is 23.6 Å². The molecule has 0 radical (unpaired) electrons. The molecule has 0 spiro atoms. The zero-order chi connectivity index (χ0) is 14.4. The summed E-state index contributed by atoms with van der Waals surface area (Å²) >= 11 is 1.65. The summed E-state index contributed by atoms with van der Waals surface area (Å²) in [7, 11) is 0. The molecule has 1 N–H and O–H groups in total. The Morgan fingerprint density at radius 1 is 1.29 bits per heavy atom. The number of fused-ring (bicyclic) bond motifs is 3. The molecule has 2 saturated carbocycles. The molecule has 2 nitrogen and oxygen atoms in total. The Morgan fingerprint density at radius 3 is 2.90 bits per heavy atom. The first-order valence-electron chi connectivity index (χ1n) is 7.99. The molecule has 2 aliphatic rings. The summed E-state index contributed by atoms with van der Waals surface area (Å²) in [6.45, 7) is 2.19. The van der Waals surface area contributed by atoms with Gasteiger partial charge in [-0.3, -0.25) is 4.79 Å². The SMILES string of the molecule is C[C@H](NC(=O)c1csc2ccccc12)[C@@H]1C[C@H]2CC[C@H]1C2. The maximum atomic E-state index is 12.6. The molecular weight excluding hydrogens is 278 g/mol. The summed E-state index contributed by atoms with van der Waals surface area (Å²) in [4.78, 5) is 12.6. The molecule has 3 heteroatoms. The van der Waals surface area contributed by atoms with Gasteiger partial charge in [0.25, 0.3) is 5.91 Å². The van der Waals surface area contributed by atoms with Gasteiger partial charge in [0.2, 0.25) is 0 Å². The summed E-state index contributed by atoms with van der Waals surface area (Å²) in [5.74, 6) is 2.58. The van der Waals surface area contributed by atoms with Crippen LogP contribution in [0.15, 0.2) is 29.6 Å². The first kappa shape index (κ1) is 13.3. The Bertz CT molecular complexity index is 677. The molecule has 0 saturated heterocycles. The van der Waals surface area contributed by atoms with Crippen LogP contribution in [0.5, 0.6) is 0 Å². The fraction of sp³-hybridized carbons (Fsp3) is 0.500. The van der Waals surface area contributed by atoms with Crippen LogP contribution in [0.1, 0.15) is 43.0 Å². The van der Waals surface area contributed by atoms with Gasteiger partial charge in [0, 0.05) is 21.5 Å². The highest BCUT2D eigenvalue weighted by molar-refractivity contribution is 7.17. The molecule has 1 heterocycles. The summed E-state index contributed by atoms with van der Waals surface area (Å²) in [5.41, 5.74) is 0.839. The average Bonchev–Trinajstić information content (AvgIpc) is 3.21. The van der Waals surface area contributed by atoms with E-state index >= 15 is 0 Å². The van der Waals surface area contributed by atoms with Gasteiger partial charge in [-0.15, -0.1) is 11.3 Å². The molecule has 2 fully saturated rings. The topological polar surface area (TPSA) is 29.1 Å². The largest absolute Gasteiger partial charge is 0.349 e. The molecule has 1 aromatic carbocycles. The average molecular weight is 299 g/mol. The number of carbonyl (C=O) groups is 1. The molecule has 1 amide bonds. The van der Waals surface area contributed by atoms with Crippen molar-refractivity contribution in [3.63, 3.8) is 0 Å². The number of rotatable bonds is 3. The molecule has 0 aliphatic heterocycles. The van der Waals surface area contributed by atoms with E-state index in [1.54, 1.807) is 11.3 Å². The highest BCUT2D eigenvalue weighted by Crippen LogP contribution is 2.49. The van der Waals surface area contributed by atoms with Gasteiger partial charge in [-0.1, -0.05) is 24.6 Å². The molecule has 110 valence electrons. The van der Waals surface area contributed by atoms with E-state index in [1.165, 1.54) is 30.4 Å². The van der Waals surface area contributed by atoms with E-state index in [4.69, 9.17) is 0 Å². The van der Waals surface area contributed by atoms with Crippen molar-refractivity contribution >= 4 is 27.3 Å². The van der Waals surface area contributed by atoms with Gasteiger partial charge in [0.1, 0.15) is 0 Å². The molecule has 2 bridgehead atoms. The lowest BCUT2D eigenvalue weighted by atomic mass is 9.84. The minimum absolute atomic E-state index is 0.0997. The Hall–Kier alpha value is -1.35. The van der Waals surface area contributed by atoms with Crippen molar-refractivity contribution in [2.75, 3.05) is 0 Å². The second-order valence-electron chi connectivity index (χ2n) is 6.75. The standard InChI is InChI=1S/C18H21NOS/c1-11(15-9-12-6-7-13(15)8-12)19-18(20)16-10-21-17-5-3-2-4-14(16)17/h2-5,10-13,15H,6-9H2,1H3,(H,19,20)/t11-,12-,13-,15-/m0/s1. The number of thiophene rings is 1. The molecule has 4 rings (SSSR count). The third-order valence-corrected chi connectivity index (χ3v) is 6.48. The molecule has 0 unspecified atom stereocenters. The highest BCUT2D eigenvalue weighted by Gasteiger charge is 2.42. The highest BCUT2D eigenvalue weighted by atomic mass is 32.1. The summed E-state index contributed by atoms with van der Waals surface area (Å²) < 4.78 is 1.19. The predicted octanol–water partition coefficient (Wildman–Crippen LogP) is 4.46. The number of nitrogens with one attached hydrogen (secondary N) is 1. The number of benzene rings is 1. The monoisotopic (exact) mass is 299 g/mol. The van der Waals surface area contributed by atoms with Crippen molar-refractivity contribution in [2.45, 2.75) is 38.6 Å². The minimum Gasteiger partial charge on any atom is -0.349 e. The third kappa shape index (κ3) is 2.28. The molecular formula is C18H21NOS. The van der Waals surface area contributed by atoms with Gasteiger partial charge in [-0.25, -0.2) is 0 Å². The Balaban J connectivity index is 1.50. The Morgan fingerprint density at radius 2 is 2.14 bits per heavy atom. The van der Waals surface area contributed by atoms with E-state index < -0.39 is 0 Å². The Kier molecular flexibility index (Phi) is 3.26. The van der Waals surface area contributed by atoms with Gasteiger partial charge in [-0.05, 0) is 50.0 Å². The molecule has 4 atom stereocenters. The van der Waals surface area contributed by atoms with Crippen LogP contribution >= 0.6 is 11.3 Å². The number of amides is 1. The van der Waals surface area contributed by atoms with Crippen LogP contribution in [0.2, 0.25) is 0 Å². The summed E-state index contributed by atoms with van der Waals surface area (Å²) in [5, 5.41) is 6.35. The van der Waals surface area contributed by atoms with E-state index in [0.717, 1.165) is 22.8 Å². The summed E-state index contributed by atoms with van der Waals surface area (Å²) in [6.07, 6.45) is 5.50. The zero-order valence-electron chi connectivity index (χ0n) is 12.3. The molecule has 2 aliphatic carbocycles. The lowest BCUT2D eigenvalue weighted by Crippen LogP contribution is -2.40. The number of carbonyl (C=O) groups excluding carboxylic acids is 1. The van der Waals surface area contributed by atoms with Gasteiger partial charge in [0.05, 0.1) is 5.56 Å². The Labute approximate surface area is 129 Å². The maximum Gasteiger partial charge on any atom is 0.252 e. The molecule has 2 aromatic rings. The fourth-order valence-corrected chi connectivity index (χ4v) is 5.39. The third-order valence-electron chi connectivity index (χ3n) is 5.52. The lowest BCUT2D eigenvalue weighted by Gasteiger charge is -2.28. The van der Waals surface area contributed by atoms with Crippen LogP contribution in [-0.4, -0.2) is 11.9 Å². The van der Waals surface area contributed by atoms with Gasteiger partial charge >= 0.3 is 0 Å². The van der Waals surface area contributed by atoms with Crippen LogP contribution in [0, 0.1) is 17.8 Å². The van der Waals surface area contributed by atoms with Crippen LogP contribution in [0.25, 0.3) is 10.1 Å². The van der Waals surface area contributed by atoms with E-state index in [-0.39, 0.29) is 5.91 Å². The van der Waals surface area contributed by atoms with Gasteiger partial charge < -0.3 is 5.32 Å². The van der Waals surface area contributed by atoms with E-state index in [9.17, 15) is 4.79 Å². The van der Waals surface area contributed by atoms with Crippen LogP contribution < -0.4 is 5.32 Å². The van der Waals surface area contributed by atoms with Crippen LogP contribution in [0.4, 0.5) is 0 Å². The van der Waals surface area contributed by atoms with Crippen molar-refractivity contribution in [1.82, 2.24) is 5.32 Å². The first-order valence-corrected chi connectivity index (χ1v) is 8.87. The second-order valence-corrected chi connectivity index (χ2v) is 7.66. The lowest BCUT2D eigenvalue weighted by molar-refractivity contribution is 0.0917. The van der Waals surface area contributed by atoms with E-state index in [2.05, 4.69) is 18.3 Å². The summed E-state index contributed by atoms with van der Waals surface area (Å²) in [6, 6.07) is 8.45. The van der Waals surface area contributed by atoms with E-state index in [0.29, 0.717) is 12.0 Å². The van der Waals surface area contributed by atoms with Crippen molar-refractivity contribution in [1.29, 1.82) is 0 Å². The second kappa shape index (κ2) is 5.13. The number of hydrogen-bond acceptors (Lipinski definition) is 2. The zero-order valence-corrected chi connectivity index (χ0v) is 13.2. The first-order chi connectivity index (χ1) is 10.2. The van der Waals surface area contributed by atoms with Crippen molar-refractivity contribution in [3.8, 4) is 0 Å². The smallest absolute Gasteiger partial charge is 0.252 e. The number of hydrogen-bond donors (Lipinski definition) is 1. The van der Waals surface area contributed by atoms with Crippen LogP contribution in [-0.2, 0) is 0 Å². The van der Waals surface area contributed by atoms with Crippen LogP contribution in [0.3, 0.4) is 0 Å². The van der Waals surface area contributed by atoms with Gasteiger partial charge in [-0.2, -0.15) is 0 Å². The van der Waals surface area contributed by atoms with Crippen molar-refractivity contribution in [3.05, 3.63) is 35.2 Å². The predicted molar refractivity (Wildman–Crippen MR) is 87.7 cm³/mol. The normalized spacial score (nSPS) is 28.9. The molecule has 1 aromatic heterocycles. The maximum absolute atomic E-state index is 12.6. The van der Waals surface area contributed by atoms with Crippen molar-refractivity contribution < 1.29 is 4.79 Å². The molecule has 21 heavy (non-hydrogen) atoms. The van der Waals surface area contributed by atoms with Crippen molar-refractivity contribution in [2.24, 2.45) is 17.8 Å². The fourth-order valence-electron chi connectivity index (χ4n) is 4.45. The van der Waals surface area contributed by atoms with Gasteiger partial charge in [0.15, 0.2) is 0 Å².